The summed E-state index contributed by atoms with van der Waals surface area (Å²) in [6, 6.07) is 10.0. The number of hydrogen-bond acceptors (Lipinski definition) is 3. The Hall–Kier alpha value is -1.19. The van der Waals surface area contributed by atoms with Gasteiger partial charge in [-0.15, -0.1) is 0 Å². The number of hydrogen-bond donors (Lipinski definition) is 0. The Kier molecular flexibility index (Phi) is 3.14. The number of carbonyl (C=O) groups is 1. The van der Waals surface area contributed by atoms with Crippen LogP contribution in [-0.2, 0) is 14.3 Å². The predicted octanol–water partition coefficient (Wildman–Crippen LogP) is 1.73. The molecule has 0 aromatic heterocycles. The van der Waals surface area contributed by atoms with Crippen LogP contribution in [0.15, 0.2) is 30.3 Å². The van der Waals surface area contributed by atoms with Gasteiger partial charge in [0.1, 0.15) is 13.2 Å². The topological polar surface area (TPSA) is 35.5 Å². The van der Waals surface area contributed by atoms with Crippen molar-refractivity contribution in [2.24, 2.45) is 0 Å². The molecule has 15 heavy (non-hydrogen) atoms. The van der Waals surface area contributed by atoms with E-state index < -0.39 is 0 Å². The standard InChI is InChI=1S/C12H14O3/c1-9(10-5-3-2-4-6-10)12-14-7-11(13)8-15-12/h2-6,9,12H,7-8H2,1H3. The summed E-state index contributed by atoms with van der Waals surface area (Å²) in [5, 5.41) is 0. The average molecular weight is 206 g/mol. The Bertz CT molecular complexity index is 324. The van der Waals surface area contributed by atoms with Crippen LogP contribution < -0.4 is 0 Å². The smallest absolute Gasteiger partial charge is 0.184 e. The van der Waals surface area contributed by atoms with Gasteiger partial charge in [-0.1, -0.05) is 37.3 Å². The van der Waals surface area contributed by atoms with Crippen LogP contribution in [0.2, 0.25) is 0 Å². The van der Waals surface area contributed by atoms with Crippen LogP contribution >= 0.6 is 0 Å². The van der Waals surface area contributed by atoms with Gasteiger partial charge in [-0.05, 0) is 5.56 Å². The second kappa shape index (κ2) is 4.55. The summed E-state index contributed by atoms with van der Waals surface area (Å²) in [5.74, 6) is 0.158. The van der Waals surface area contributed by atoms with Crippen molar-refractivity contribution in [3.63, 3.8) is 0 Å². The van der Waals surface area contributed by atoms with Crippen LogP contribution in [0.25, 0.3) is 0 Å². The molecule has 3 nitrogen and oxygen atoms in total. The van der Waals surface area contributed by atoms with E-state index in [1.54, 1.807) is 0 Å². The van der Waals surface area contributed by atoms with Gasteiger partial charge in [0, 0.05) is 5.92 Å². The molecule has 1 saturated heterocycles. The van der Waals surface area contributed by atoms with Crippen molar-refractivity contribution in [2.75, 3.05) is 13.2 Å². The van der Waals surface area contributed by atoms with E-state index in [4.69, 9.17) is 9.47 Å². The highest BCUT2D eigenvalue weighted by Crippen LogP contribution is 2.23. The maximum atomic E-state index is 10.9. The first-order valence-corrected chi connectivity index (χ1v) is 5.07. The largest absolute Gasteiger partial charge is 0.344 e. The Morgan fingerprint density at radius 3 is 2.40 bits per heavy atom. The van der Waals surface area contributed by atoms with Gasteiger partial charge in [-0.2, -0.15) is 0 Å². The number of benzene rings is 1. The maximum absolute atomic E-state index is 10.9. The van der Waals surface area contributed by atoms with Crippen LogP contribution in [0.1, 0.15) is 18.4 Å². The fourth-order valence-electron chi connectivity index (χ4n) is 1.64. The van der Waals surface area contributed by atoms with E-state index in [2.05, 4.69) is 0 Å². The van der Waals surface area contributed by atoms with Gasteiger partial charge in [-0.25, -0.2) is 0 Å². The van der Waals surface area contributed by atoms with E-state index in [-0.39, 0.29) is 31.2 Å². The van der Waals surface area contributed by atoms with Crippen molar-refractivity contribution in [1.29, 1.82) is 0 Å². The number of Topliss-reactive ketones (excluding diaryl/α,β-unsaturated/α-hetero) is 1. The first kappa shape index (κ1) is 10.3. The minimum atomic E-state index is -0.301. The molecule has 0 amide bonds. The Morgan fingerprint density at radius 2 is 1.80 bits per heavy atom. The summed E-state index contributed by atoms with van der Waals surface area (Å²) in [6.07, 6.45) is -0.301. The lowest BCUT2D eigenvalue weighted by molar-refractivity contribution is -0.192. The van der Waals surface area contributed by atoms with E-state index >= 15 is 0 Å². The number of ketones is 1. The highest BCUT2D eigenvalue weighted by Gasteiger charge is 2.25. The van der Waals surface area contributed by atoms with E-state index in [1.807, 2.05) is 37.3 Å². The first-order valence-electron chi connectivity index (χ1n) is 5.07. The molecule has 1 aliphatic rings. The van der Waals surface area contributed by atoms with Gasteiger partial charge in [0.2, 0.25) is 0 Å². The van der Waals surface area contributed by atoms with Crippen molar-refractivity contribution in [1.82, 2.24) is 0 Å². The summed E-state index contributed by atoms with van der Waals surface area (Å²) in [6.45, 7) is 2.37. The lowest BCUT2D eigenvalue weighted by Gasteiger charge is -2.27. The predicted molar refractivity (Wildman–Crippen MR) is 55.6 cm³/mol. The molecule has 3 heteroatoms. The molecule has 0 N–H and O–H groups in total. The van der Waals surface area contributed by atoms with Crippen molar-refractivity contribution in [3.05, 3.63) is 35.9 Å². The van der Waals surface area contributed by atoms with E-state index in [0.717, 1.165) is 5.56 Å². The zero-order valence-corrected chi connectivity index (χ0v) is 8.68. The Labute approximate surface area is 89.0 Å². The minimum Gasteiger partial charge on any atom is -0.344 e. The molecular formula is C12H14O3. The third kappa shape index (κ3) is 2.43. The number of rotatable bonds is 2. The fraction of sp³-hybridized carbons (Fsp3) is 0.417. The van der Waals surface area contributed by atoms with Crippen LogP contribution in [0.4, 0.5) is 0 Å². The van der Waals surface area contributed by atoms with Gasteiger partial charge < -0.3 is 9.47 Å². The summed E-state index contributed by atoms with van der Waals surface area (Å²) >= 11 is 0. The Morgan fingerprint density at radius 1 is 1.20 bits per heavy atom. The molecule has 1 aromatic carbocycles. The van der Waals surface area contributed by atoms with Gasteiger partial charge in [0.25, 0.3) is 0 Å². The van der Waals surface area contributed by atoms with Crippen LogP contribution in [0.3, 0.4) is 0 Å². The van der Waals surface area contributed by atoms with E-state index in [1.165, 1.54) is 0 Å². The molecule has 0 bridgehead atoms. The van der Waals surface area contributed by atoms with Crippen molar-refractivity contribution in [2.45, 2.75) is 19.1 Å². The molecule has 1 fully saturated rings. The van der Waals surface area contributed by atoms with Crippen LogP contribution in [-0.4, -0.2) is 25.3 Å². The molecule has 0 saturated carbocycles. The number of ether oxygens (including phenoxy) is 2. The van der Waals surface area contributed by atoms with E-state index in [0.29, 0.717) is 0 Å². The molecule has 0 radical (unpaired) electrons. The molecule has 0 aliphatic carbocycles. The zero-order chi connectivity index (χ0) is 10.7. The second-order valence-electron chi connectivity index (χ2n) is 3.73. The average Bonchev–Trinajstić information content (AvgIpc) is 2.30. The van der Waals surface area contributed by atoms with Crippen LogP contribution in [0.5, 0.6) is 0 Å². The monoisotopic (exact) mass is 206 g/mol. The summed E-state index contributed by atoms with van der Waals surface area (Å²) in [7, 11) is 0. The quantitative estimate of drug-likeness (QED) is 0.739. The normalized spacial score (nSPS) is 20.2. The molecule has 2 rings (SSSR count). The summed E-state index contributed by atoms with van der Waals surface area (Å²) in [4.78, 5) is 10.9. The minimum absolute atomic E-state index is 0.00603. The van der Waals surface area contributed by atoms with Gasteiger partial charge in [0.15, 0.2) is 12.1 Å². The molecule has 1 atom stereocenters. The summed E-state index contributed by atoms with van der Waals surface area (Å²) < 4.78 is 10.7. The van der Waals surface area contributed by atoms with Crippen LogP contribution in [0, 0.1) is 0 Å². The molecular weight excluding hydrogens is 192 g/mol. The highest BCUT2D eigenvalue weighted by molar-refractivity contribution is 5.81. The first-order chi connectivity index (χ1) is 7.27. The SMILES string of the molecule is CC(c1ccccc1)C1OCC(=O)CO1. The lowest BCUT2D eigenvalue weighted by atomic mass is 10.0. The third-order valence-corrected chi connectivity index (χ3v) is 2.55. The fourth-order valence-corrected chi connectivity index (χ4v) is 1.64. The maximum Gasteiger partial charge on any atom is 0.184 e. The zero-order valence-electron chi connectivity index (χ0n) is 8.68. The molecule has 0 spiro atoms. The third-order valence-electron chi connectivity index (χ3n) is 2.55. The van der Waals surface area contributed by atoms with Gasteiger partial charge in [-0.3, -0.25) is 4.79 Å². The summed E-state index contributed by atoms with van der Waals surface area (Å²) in [5.41, 5.74) is 1.16. The molecule has 1 heterocycles. The van der Waals surface area contributed by atoms with Crippen molar-refractivity contribution < 1.29 is 14.3 Å². The lowest BCUT2D eigenvalue weighted by Crippen LogP contribution is -2.35. The Balaban J connectivity index is 2.02. The van der Waals surface area contributed by atoms with Gasteiger partial charge in [0.05, 0.1) is 0 Å². The van der Waals surface area contributed by atoms with Crippen molar-refractivity contribution >= 4 is 5.78 Å². The molecule has 1 aromatic rings. The highest BCUT2D eigenvalue weighted by atomic mass is 16.7. The molecule has 1 unspecified atom stereocenters. The second-order valence-corrected chi connectivity index (χ2v) is 3.73. The number of carbonyl (C=O) groups excluding carboxylic acids is 1. The molecule has 1 aliphatic heterocycles. The molecule has 80 valence electrons. The van der Waals surface area contributed by atoms with E-state index in [9.17, 15) is 4.79 Å². The van der Waals surface area contributed by atoms with Crippen molar-refractivity contribution in [3.8, 4) is 0 Å². The van der Waals surface area contributed by atoms with Gasteiger partial charge >= 0.3 is 0 Å².